The van der Waals surface area contributed by atoms with Gasteiger partial charge in [0.1, 0.15) is 11.3 Å². The molecule has 1 aromatic carbocycles. The molecule has 8 heteroatoms. The van der Waals surface area contributed by atoms with Crippen LogP contribution in [0.3, 0.4) is 0 Å². The summed E-state index contributed by atoms with van der Waals surface area (Å²) in [6.07, 6.45) is 1.30. The predicted molar refractivity (Wildman–Crippen MR) is 75.4 cm³/mol. The SMILES string of the molecule is COc1c(Br)cc(Cl)cc1C=C1C(=O)NC(=O)NC1=O. The third kappa shape index (κ3) is 2.83. The molecule has 1 aliphatic rings. The van der Waals surface area contributed by atoms with Gasteiger partial charge >= 0.3 is 6.03 Å². The lowest BCUT2D eigenvalue weighted by Gasteiger charge is -2.15. The molecule has 2 rings (SSSR count). The molecule has 0 bridgehead atoms. The quantitative estimate of drug-likeness (QED) is 0.623. The van der Waals surface area contributed by atoms with E-state index in [9.17, 15) is 14.4 Å². The maximum atomic E-state index is 11.6. The van der Waals surface area contributed by atoms with Crippen LogP contribution in [-0.4, -0.2) is 25.0 Å². The van der Waals surface area contributed by atoms with E-state index in [1.165, 1.54) is 19.3 Å². The Balaban J connectivity index is 2.52. The number of amides is 4. The van der Waals surface area contributed by atoms with E-state index < -0.39 is 17.8 Å². The number of benzene rings is 1. The lowest BCUT2D eigenvalue weighted by atomic mass is 10.1. The van der Waals surface area contributed by atoms with E-state index in [4.69, 9.17) is 16.3 Å². The number of carbonyl (C=O) groups excluding carboxylic acids is 3. The molecule has 1 aliphatic heterocycles. The van der Waals surface area contributed by atoms with E-state index in [2.05, 4.69) is 15.9 Å². The average molecular weight is 360 g/mol. The number of urea groups is 1. The molecule has 0 saturated carbocycles. The summed E-state index contributed by atoms with van der Waals surface area (Å²) in [6.45, 7) is 0. The van der Waals surface area contributed by atoms with Gasteiger partial charge in [0, 0.05) is 10.6 Å². The Morgan fingerprint density at radius 1 is 1.20 bits per heavy atom. The van der Waals surface area contributed by atoms with Gasteiger partial charge in [0.05, 0.1) is 11.6 Å². The normalized spacial score (nSPS) is 14.8. The van der Waals surface area contributed by atoms with Crippen molar-refractivity contribution < 1.29 is 19.1 Å². The summed E-state index contributed by atoms with van der Waals surface area (Å²) < 4.78 is 5.76. The van der Waals surface area contributed by atoms with Crippen LogP contribution < -0.4 is 15.4 Å². The van der Waals surface area contributed by atoms with Gasteiger partial charge in [-0.25, -0.2) is 4.79 Å². The van der Waals surface area contributed by atoms with Crippen LogP contribution in [0.25, 0.3) is 6.08 Å². The highest BCUT2D eigenvalue weighted by Gasteiger charge is 2.28. The topological polar surface area (TPSA) is 84.5 Å². The van der Waals surface area contributed by atoms with Gasteiger partial charge in [-0.3, -0.25) is 20.2 Å². The van der Waals surface area contributed by atoms with E-state index >= 15 is 0 Å². The number of carbonyl (C=O) groups is 3. The van der Waals surface area contributed by atoms with Crippen LogP contribution in [0.2, 0.25) is 5.02 Å². The number of ether oxygens (including phenoxy) is 1. The number of methoxy groups -OCH3 is 1. The Bertz CT molecular complexity index is 635. The van der Waals surface area contributed by atoms with Crippen LogP contribution >= 0.6 is 27.5 Å². The third-order valence-corrected chi connectivity index (χ3v) is 3.29. The van der Waals surface area contributed by atoms with Crippen molar-refractivity contribution in [3.8, 4) is 5.75 Å². The minimum atomic E-state index is -0.851. The van der Waals surface area contributed by atoms with Gasteiger partial charge in [-0.15, -0.1) is 0 Å². The summed E-state index contributed by atoms with van der Waals surface area (Å²) in [7, 11) is 1.44. The highest BCUT2D eigenvalue weighted by molar-refractivity contribution is 9.10. The van der Waals surface area contributed by atoms with E-state index in [1.807, 2.05) is 10.6 Å². The standard InChI is InChI=1S/C12H8BrClN2O4/c1-20-9-5(2-6(14)4-8(9)13)3-7-10(17)15-12(19)16-11(7)18/h2-4H,1H3,(H2,15,16,17,18,19). The fraction of sp³-hybridized carbons (Fsp3) is 0.0833. The fourth-order valence-corrected chi connectivity index (χ4v) is 2.66. The van der Waals surface area contributed by atoms with Gasteiger partial charge in [0.15, 0.2) is 0 Å². The smallest absolute Gasteiger partial charge is 0.328 e. The maximum absolute atomic E-state index is 11.6. The largest absolute Gasteiger partial charge is 0.495 e. The highest BCUT2D eigenvalue weighted by atomic mass is 79.9. The van der Waals surface area contributed by atoms with Crippen LogP contribution in [0, 0.1) is 0 Å². The molecule has 20 heavy (non-hydrogen) atoms. The summed E-state index contributed by atoms with van der Waals surface area (Å²) in [5.41, 5.74) is 0.221. The Hall–Kier alpha value is -1.86. The van der Waals surface area contributed by atoms with E-state index in [0.717, 1.165) is 0 Å². The van der Waals surface area contributed by atoms with Gasteiger partial charge in [0.25, 0.3) is 11.8 Å². The first-order valence-corrected chi connectivity index (χ1v) is 6.51. The zero-order chi connectivity index (χ0) is 14.9. The summed E-state index contributed by atoms with van der Waals surface area (Å²) in [4.78, 5) is 34.3. The molecule has 0 radical (unpaired) electrons. The number of hydrogen-bond donors (Lipinski definition) is 2. The van der Waals surface area contributed by atoms with Crippen molar-refractivity contribution >= 4 is 51.5 Å². The molecule has 6 nitrogen and oxygen atoms in total. The number of barbiturate groups is 1. The Morgan fingerprint density at radius 3 is 2.35 bits per heavy atom. The third-order valence-electron chi connectivity index (χ3n) is 2.48. The first-order chi connectivity index (χ1) is 9.42. The fourth-order valence-electron chi connectivity index (χ4n) is 1.66. The van der Waals surface area contributed by atoms with Crippen LogP contribution in [0.4, 0.5) is 4.79 Å². The second-order valence-corrected chi connectivity index (χ2v) is 5.10. The molecule has 1 saturated heterocycles. The van der Waals surface area contributed by atoms with Gasteiger partial charge in [-0.1, -0.05) is 11.6 Å². The number of imide groups is 2. The van der Waals surface area contributed by atoms with Crippen molar-refractivity contribution in [1.29, 1.82) is 0 Å². The van der Waals surface area contributed by atoms with Gasteiger partial charge in [-0.05, 0) is 34.1 Å². The molecule has 4 amide bonds. The lowest BCUT2D eigenvalue weighted by Crippen LogP contribution is -2.51. The first-order valence-electron chi connectivity index (χ1n) is 5.33. The molecule has 1 heterocycles. The van der Waals surface area contributed by atoms with Crippen molar-refractivity contribution in [3.63, 3.8) is 0 Å². The minimum Gasteiger partial charge on any atom is -0.495 e. The Labute approximate surface area is 127 Å². The van der Waals surface area contributed by atoms with E-state index in [0.29, 0.717) is 20.8 Å². The summed E-state index contributed by atoms with van der Waals surface area (Å²) in [5.74, 6) is -1.15. The summed E-state index contributed by atoms with van der Waals surface area (Å²) >= 11 is 9.19. The minimum absolute atomic E-state index is 0.211. The number of rotatable bonds is 2. The van der Waals surface area contributed by atoms with Crippen LogP contribution in [-0.2, 0) is 9.59 Å². The van der Waals surface area contributed by atoms with E-state index in [-0.39, 0.29) is 5.57 Å². The molecule has 0 atom stereocenters. The molecule has 104 valence electrons. The predicted octanol–water partition coefficient (Wildman–Crippen LogP) is 1.86. The van der Waals surface area contributed by atoms with Crippen LogP contribution in [0.1, 0.15) is 5.56 Å². The molecule has 0 aliphatic carbocycles. The van der Waals surface area contributed by atoms with Crippen LogP contribution in [0.15, 0.2) is 22.2 Å². The number of nitrogens with one attached hydrogen (secondary N) is 2. The monoisotopic (exact) mass is 358 g/mol. The van der Waals surface area contributed by atoms with Crippen LogP contribution in [0.5, 0.6) is 5.75 Å². The molecular weight excluding hydrogens is 351 g/mol. The molecule has 2 N–H and O–H groups in total. The van der Waals surface area contributed by atoms with E-state index in [1.54, 1.807) is 6.07 Å². The van der Waals surface area contributed by atoms with Crippen molar-refractivity contribution in [1.82, 2.24) is 10.6 Å². The van der Waals surface area contributed by atoms with Gasteiger partial charge in [-0.2, -0.15) is 0 Å². The molecule has 0 spiro atoms. The zero-order valence-electron chi connectivity index (χ0n) is 10.1. The molecule has 1 fully saturated rings. The van der Waals surface area contributed by atoms with Gasteiger partial charge < -0.3 is 4.74 Å². The average Bonchev–Trinajstić information content (AvgIpc) is 2.33. The lowest BCUT2D eigenvalue weighted by molar-refractivity contribution is -0.123. The highest BCUT2D eigenvalue weighted by Crippen LogP contribution is 2.34. The van der Waals surface area contributed by atoms with Crippen molar-refractivity contribution in [2.45, 2.75) is 0 Å². The van der Waals surface area contributed by atoms with Crippen molar-refractivity contribution in [2.75, 3.05) is 7.11 Å². The number of hydrogen-bond acceptors (Lipinski definition) is 4. The molecule has 1 aromatic rings. The number of halogens is 2. The Kier molecular flexibility index (Phi) is 4.10. The second-order valence-electron chi connectivity index (χ2n) is 3.81. The Morgan fingerprint density at radius 2 is 1.80 bits per heavy atom. The zero-order valence-corrected chi connectivity index (χ0v) is 12.5. The molecule has 0 unspecified atom stereocenters. The van der Waals surface area contributed by atoms with Crippen molar-refractivity contribution in [3.05, 3.63) is 32.8 Å². The summed E-state index contributed by atoms with van der Waals surface area (Å²) in [5, 5.41) is 4.37. The summed E-state index contributed by atoms with van der Waals surface area (Å²) in [6, 6.07) is 2.30. The second kappa shape index (κ2) is 5.64. The van der Waals surface area contributed by atoms with Gasteiger partial charge in [0.2, 0.25) is 0 Å². The maximum Gasteiger partial charge on any atom is 0.328 e. The first kappa shape index (κ1) is 14.5. The molecular formula is C12H8BrClN2O4. The van der Waals surface area contributed by atoms with Crippen molar-refractivity contribution in [2.24, 2.45) is 0 Å². The molecule has 0 aromatic heterocycles.